The van der Waals surface area contributed by atoms with Crippen LogP contribution in [0.15, 0.2) is 0 Å². The monoisotopic (exact) mass is 309 g/mol. The fraction of sp³-hybridized carbons (Fsp3) is 1.00. The summed E-state index contributed by atoms with van der Waals surface area (Å²) in [5.74, 6) is 0. The second kappa shape index (κ2) is 11.5. The van der Waals surface area contributed by atoms with Crippen molar-refractivity contribution in [2.75, 3.05) is 27.7 Å². The molecule has 0 rings (SSSR count). The second-order valence-corrected chi connectivity index (χ2v) is 5.86. The van der Waals surface area contributed by atoms with Crippen LogP contribution in [0.4, 0.5) is 0 Å². The van der Waals surface area contributed by atoms with E-state index < -0.39 is 0 Å². The largest absolute Gasteiger partial charge is 1.00 e. The maximum atomic E-state index is 9.32. The highest BCUT2D eigenvalue weighted by molar-refractivity contribution is 4.56. The molecule has 1 atom stereocenters. The fourth-order valence-corrected chi connectivity index (χ4v) is 2.06. The van der Waals surface area contributed by atoms with Crippen LogP contribution in [0.2, 0.25) is 0 Å². The highest BCUT2D eigenvalue weighted by Crippen LogP contribution is 2.14. The quantitative estimate of drug-likeness (QED) is 0.451. The van der Waals surface area contributed by atoms with Gasteiger partial charge in [-0.1, -0.05) is 45.4 Å². The molecular weight excluding hydrogens is 278 g/mol. The lowest BCUT2D eigenvalue weighted by Gasteiger charge is -2.33. The molecule has 0 aromatic carbocycles. The molecule has 0 aliphatic carbocycles. The van der Waals surface area contributed by atoms with Crippen molar-refractivity contribution in [3.05, 3.63) is 0 Å². The van der Waals surface area contributed by atoms with Gasteiger partial charge in [-0.3, -0.25) is 0 Å². The van der Waals surface area contributed by atoms with E-state index in [-0.39, 0.29) is 17.0 Å². The normalized spacial score (nSPS) is 13.2. The smallest absolute Gasteiger partial charge is 0.112 e. The number of hydrogen-bond donors (Lipinski definition) is 1. The zero-order valence-corrected chi connectivity index (χ0v) is 13.8. The zero-order chi connectivity index (χ0) is 12.4. The second-order valence-electron chi connectivity index (χ2n) is 5.86. The zero-order valence-electron chi connectivity index (χ0n) is 12.2. The van der Waals surface area contributed by atoms with Gasteiger partial charge in [-0.25, -0.2) is 0 Å². The summed E-state index contributed by atoms with van der Waals surface area (Å²) in [5.41, 5.74) is 0. The number of aliphatic hydroxyl groups excluding tert-OH is 1. The van der Waals surface area contributed by atoms with Crippen molar-refractivity contribution < 1.29 is 26.6 Å². The highest BCUT2D eigenvalue weighted by Gasteiger charge is 2.21. The molecule has 0 bridgehead atoms. The number of quaternary nitrogens is 1. The van der Waals surface area contributed by atoms with E-state index in [1.807, 2.05) is 0 Å². The van der Waals surface area contributed by atoms with Crippen LogP contribution in [-0.2, 0) is 0 Å². The predicted octanol–water partition coefficient (Wildman–Crippen LogP) is 0.198. The first-order valence-electron chi connectivity index (χ1n) is 6.94. The molecule has 0 saturated carbocycles. The first kappa shape index (κ1) is 19.7. The maximum absolute atomic E-state index is 9.32. The van der Waals surface area contributed by atoms with Crippen LogP contribution in [0, 0.1) is 0 Å². The molecule has 1 N–H and O–H groups in total. The van der Waals surface area contributed by atoms with Crippen molar-refractivity contribution in [3.8, 4) is 0 Å². The van der Waals surface area contributed by atoms with Gasteiger partial charge in [-0.05, 0) is 6.42 Å². The average molecular weight is 310 g/mol. The Morgan fingerprint density at radius 2 is 1.35 bits per heavy atom. The average Bonchev–Trinajstić information content (AvgIpc) is 2.20. The molecule has 3 heteroatoms. The summed E-state index contributed by atoms with van der Waals surface area (Å²) in [6.45, 7) is 2.58. The summed E-state index contributed by atoms with van der Waals surface area (Å²) in [5, 5.41) is 9.32. The van der Waals surface area contributed by atoms with Crippen molar-refractivity contribution >= 4 is 0 Å². The van der Waals surface area contributed by atoms with Gasteiger partial charge in [0, 0.05) is 6.42 Å². The number of hydrogen-bond acceptors (Lipinski definition) is 1. The van der Waals surface area contributed by atoms with E-state index in [0.717, 1.165) is 10.9 Å². The van der Waals surface area contributed by atoms with Crippen LogP contribution in [0.25, 0.3) is 0 Å². The Hall–Kier alpha value is 0.400. The van der Waals surface area contributed by atoms with E-state index in [4.69, 9.17) is 0 Å². The Bertz CT molecular complexity index is 157. The van der Waals surface area contributed by atoms with Crippen LogP contribution < -0.4 is 17.0 Å². The Balaban J connectivity index is 0. The molecule has 0 amide bonds. The Morgan fingerprint density at radius 1 is 0.882 bits per heavy atom. The molecule has 2 nitrogen and oxygen atoms in total. The Kier molecular flexibility index (Phi) is 13.3. The number of halogens is 1. The van der Waals surface area contributed by atoms with E-state index in [0.29, 0.717) is 12.6 Å². The molecule has 0 aromatic rings. The number of aliphatic hydroxyl groups is 1. The van der Waals surface area contributed by atoms with Gasteiger partial charge in [0.15, 0.2) is 0 Å². The van der Waals surface area contributed by atoms with E-state index >= 15 is 0 Å². The SMILES string of the molecule is CCCCCCCCCC(CO)[N+](C)(C)C.[Br-]. The molecule has 0 spiro atoms. The summed E-state index contributed by atoms with van der Waals surface area (Å²) >= 11 is 0. The van der Waals surface area contributed by atoms with Crippen LogP contribution >= 0.6 is 0 Å². The molecule has 0 aliphatic heterocycles. The van der Waals surface area contributed by atoms with Crippen molar-refractivity contribution in [3.63, 3.8) is 0 Å². The van der Waals surface area contributed by atoms with Gasteiger partial charge >= 0.3 is 0 Å². The molecule has 1 unspecified atom stereocenters. The minimum Gasteiger partial charge on any atom is -1.00 e. The first-order chi connectivity index (χ1) is 7.52. The summed E-state index contributed by atoms with van der Waals surface area (Å²) < 4.78 is 0.881. The first-order valence-corrected chi connectivity index (χ1v) is 6.94. The molecular formula is C14H32BrNO. The number of unbranched alkanes of at least 4 members (excludes halogenated alkanes) is 6. The number of rotatable bonds is 10. The lowest BCUT2D eigenvalue weighted by Crippen LogP contribution is -3.00. The summed E-state index contributed by atoms with van der Waals surface area (Å²) in [4.78, 5) is 0. The molecule has 0 aromatic heterocycles. The van der Waals surface area contributed by atoms with Crippen LogP contribution in [0.3, 0.4) is 0 Å². The Labute approximate surface area is 119 Å². The summed E-state index contributed by atoms with van der Waals surface area (Å²) in [6.07, 6.45) is 10.6. The maximum Gasteiger partial charge on any atom is 0.112 e. The number of nitrogens with zero attached hydrogens (tertiary/aromatic N) is 1. The van der Waals surface area contributed by atoms with Gasteiger partial charge in [0.05, 0.1) is 27.7 Å². The third-order valence-electron chi connectivity index (χ3n) is 3.45. The topological polar surface area (TPSA) is 20.2 Å². The lowest BCUT2D eigenvalue weighted by molar-refractivity contribution is -0.897. The molecule has 0 heterocycles. The molecule has 0 radical (unpaired) electrons. The fourth-order valence-electron chi connectivity index (χ4n) is 2.06. The minimum atomic E-state index is 0. The van der Waals surface area contributed by atoms with Gasteiger partial charge in [-0.15, -0.1) is 0 Å². The molecule has 106 valence electrons. The third-order valence-corrected chi connectivity index (χ3v) is 3.45. The number of likely N-dealkylation sites (N-methyl/N-ethyl adjacent to an activating group) is 1. The van der Waals surface area contributed by atoms with Gasteiger partial charge < -0.3 is 26.6 Å². The van der Waals surface area contributed by atoms with E-state index in [1.165, 1.54) is 44.9 Å². The Morgan fingerprint density at radius 3 is 1.76 bits per heavy atom. The lowest BCUT2D eigenvalue weighted by atomic mass is 10.0. The standard InChI is InChI=1S/C14H32NO.BrH/c1-5-6-7-8-9-10-11-12-14(13-16)15(2,3)4;/h14,16H,5-13H2,1-4H3;1H/q+1;/p-1. The van der Waals surface area contributed by atoms with Crippen LogP contribution in [-0.4, -0.2) is 43.4 Å². The highest BCUT2D eigenvalue weighted by atomic mass is 79.9. The molecule has 17 heavy (non-hydrogen) atoms. The van der Waals surface area contributed by atoms with Gasteiger partial charge in [0.1, 0.15) is 6.04 Å². The van der Waals surface area contributed by atoms with Crippen LogP contribution in [0.1, 0.15) is 58.3 Å². The summed E-state index contributed by atoms with van der Waals surface area (Å²) in [6, 6.07) is 0.413. The minimum absolute atomic E-state index is 0. The molecule has 0 fully saturated rings. The van der Waals surface area contributed by atoms with E-state index in [1.54, 1.807) is 0 Å². The van der Waals surface area contributed by atoms with Gasteiger partial charge in [0.2, 0.25) is 0 Å². The van der Waals surface area contributed by atoms with Crippen molar-refractivity contribution in [2.45, 2.75) is 64.3 Å². The van der Waals surface area contributed by atoms with E-state index in [2.05, 4.69) is 28.1 Å². The van der Waals surface area contributed by atoms with Crippen molar-refractivity contribution in [1.29, 1.82) is 0 Å². The van der Waals surface area contributed by atoms with Crippen molar-refractivity contribution in [2.24, 2.45) is 0 Å². The predicted molar refractivity (Wildman–Crippen MR) is 71.5 cm³/mol. The van der Waals surface area contributed by atoms with Gasteiger partial charge in [0.25, 0.3) is 0 Å². The third kappa shape index (κ3) is 11.2. The summed E-state index contributed by atoms with van der Waals surface area (Å²) in [7, 11) is 6.51. The van der Waals surface area contributed by atoms with Crippen LogP contribution in [0.5, 0.6) is 0 Å². The van der Waals surface area contributed by atoms with E-state index in [9.17, 15) is 5.11 Å². The van der Waals surface area contributed by atoms with Gasteiger partial charge in [-0.2, -0.15) is 0 Å². The molecule has 0 saturated heterocycles. The molecule has 0 aliphatic rings. The van der Waals surface area contributed by atoms with Crippen molar-refractivity contribution in [1.82, 2.24) is 0 Å².